The van der Waals surface area contributed by atoms with E-state index in [2.05, 4.69) is 15.1 Å². The Hall–Kier alpha value is -2.12. The number of rotatable bonds is 7. The lowest BCUT2D eigenvalue weighted by Crippen LogP contribution is -2.54. The van der Waals surface area contributed by atoms with Gasteiger partial charge in [0.25, 0.3) is 0 Å². The fourth-order valence-electron chi connectivity index (χ4n) is 3.69. The molecule has 2 N–H and O–H groups in total. The first-order valence-electron chi connectivity index (χ1n) is 9.24. The Bertz CT molecular complexity index is 691. The van der Waals surface area contributed by atoms with E-state index in [4.69, 9.17) is 4.42 Å². The molecule has 0 aromatic carbocycles. The van der Waals surface area contributed by atoms with Crippen LogP contribution in [-0.4, -0.2) is 63.3 Å². The minimum Gasteiger partial charge on any atom is -0.468 e. The molecule has 3 heterocycles. The SMILES string of the molecule is Cc1n[nH]c(C)c1CCC(=O)N1CCN(Cc2ccco2)[C@H](CCO)C1. The summed E-state index contributed by atoms with van der Waals surface area (Å²) in [6.07, 6.45) is 3.54. The second-order valence-corrected chi connectivity index (χ2v) is 6.97. The molecule has 1 saturated heterocycles. The third-order valence-electron chi connectivity index (χ3n) is 5.23. The summed E-state index contributed by atoms with van der Waals surface area (Å²) in [7, 11) is 0. The molecule has 0 bridgehead atoms. The summed E-state index contributed by atoms with van der Waals surface area (Å²) in [6.45, 7) is 6.95. The van der Waals surface area contributed by atoms with Gasteiger partial charge in [-0.25, -0.2) is 0 Å². The zero-order valence-electron chi connectivity index (χ0n) is 15.6. The Balaban J connectivity index is 1.56. The molecule has 0 spiro atoms. The number of amides is 1. The van der Waals surface area contributed by atoms with Crippen molar-refractivity contribution in [3.63, 3.8) is 0 Å². The van der Waals surface area contributed by atoms with Crippen molar-refractivity contribution in [2.45, 2.75) is 45.7 Å². The van der Waals surface area contributed by atoms with Crippen LogP contribution in [0.4, 0.5) is 0 Å². The van der Waals surface area contributed by atoms with E-state index in [1.165, 1.54) is 0 Å². The van der Waals surface area contributed by atoms with Gasteiger partial charge in [0.1, 0.15) is 5.76 Å². The number of furan rings is 1. The third kappa shape index (κ3) is 4.34. The quantitative estimate of drug-likeness (QED) is 0.784. The van der Waals surface area contributed by atoms with Gasteiger partial charge in [-0.3, -0.25) is 14.8 Å². The van der Waals surface area contributed by atoms with Crippen LogP contribution in [0, 0.1) is 13.8 Å². The average Bonchev–Trinajstić information content (AvgIpc) is 3.25. The Morgan fingerprint density at radius 1 is 1.42 bits per heavy atom. The largest absolute Gasteiger partial charge is 0.468 e. The molecular formula is C19H28N4O3. The van der Waals surface area contributed by atoms with Crippen molar-refractivity contribution >= 4 is 5.91 Å². The molecule has 1 atom stereocenters. The highest BCUT2D eigenvalue weighted by Crippen LogP contribution is 2.19. The lowest BCUT2D eigenvalue weighted by Gasteiger charge is -2.41. The normalized spacial score (nSPS) is 18.4. The molecule has 1 aliphatic heterocycles. The lowest BCUT2D eigenvalue weighted by molar-refractivity contribution is -0.134. The summed E-state index contributed by atoms with van der Waals surface area (Å²) in [6, 6.07) is 4.00. The van der Waals surface area contributed by atoms with Gasteiger partial charge in [-0.1, -0.05) is 0 Å². The predicted molar refractivity (Wildman–Crippen MR) is 97.6 cm³/mol. The Morgan fingerprint density at radius 3 is 2.92 bits per heavy atom. The molecule has 3 rings (SSSR count). The molecule has 7 nitrogen and oxygen atoms in total. The van der Waals surface area contributed by atoms with Crippen LogP contribution in [0.5, 0.6) is 0 Å². The molecule has 0 saturated carbocycles. The maximum absolute atomic E-state index is 12.7. The second-order valence-electron chi connectivity index (χ2n) is 6.97. The number of aryl methyl sites for hydroxylation is 2. The van der Waals surface area contributed by atoms with Crippen molar-refractivity contribution in [2.75, 3.05) is 26.2 Å². The fraction of sp³-hybridized carbons (Fsp3) is 0.579. The van der Waals surface area contributed by atoms with Crippen LogP contribution in [0.25, 0.3) is 0 Å². The number of piperazine rings is 1. The van der Waals surface area contributed by atoms with Crippen molar-refractivity contribution in [1.82, 2.24) is 20.0 Å². The molecule has 26 heavy (non-hydrogen) atoms. The van der Waals surface area contributed by atoms with E-state index in [9.17, 15) is 9.90 Å². The van der Waals surface area contributed by atoms with E-state index in [1.807, 2.05) is 30.9 Å². The van der Waals surface area contributed by atoms with Crippen LogP contribution in [0.3, 0.4) is 0 Å². The highest BCUT2D eigenvalue weighted by Gasteiger charge is 2.29. The van der Waals surface area contributed by atoms with Gasteiger partial charge in [0.2, 0.25) is 5.91 Å². The highest BCUT2D eigenvalue weighted by atomic mass is 16.3. The van der Waals surface area contributed by atoms with Gasteiger partial charge in [0, 0.05) is 44.4 Å². The molecule has 0 unspecified atom stereocenters. The van der Waals surface area contributed by atoms with Gasteiger partial charge in [-0.05, 0) is 44.4 Å². The Morgan fingerprint density at radius 2 is 2.27 bits per heavy atom. The van der Waals surface area contributed by atoms with Crippen LogP contribution in [0.15, 0.2) is 22.8 Å². The smallest absolute Gasteiger partial charge is 0.223 e. The summed E-state index contributed by atoms with van der Waals surface area (Å²) in [5.74, 6) is 1.09. The highest BCUT2D eigenvalue weighted by molar-refractivity contribution is 5.76. The number of nitrogens with zero attached hydrogens (tertiary/aromatic N) is 3. The first-order valence-corrected chi connectivity index (χ1v) is 9.24. The molecular weight excluding hydrogens is 332 g/mol. The van der Waals surface area contributed by atoms with Crippen molar-refractivity contribution in [3.8, 4) is 0 Å². The maximum atomic E-state index is 12.7. The van der Waals surface area contributed by atoms with Crippen LogP contribution >= 0.6 is 0 Å². The number of nitrogens with one attached hydrogen (secondary N) is 1. The second kappa shape index (κ2) is 8.51. The fourth-order valence-corrected chi connectivity index (χ4v) is 3.69. The number of hydrogen-bond donors (Lipinski definition) is 2. The predicted octanol–water partition coefficient (Wildman–Crippen LogP) is 1.65. The van der Waals surface area contributed by atoms with Gasteiger partial charge in [-0.2, -0.15) is 5.10 Å². The van der Waals surface area contributed by atoms with Crippen molar-refractivity contribution in [2.24, 2.45) is 0 Å². The standard InChI is InChI=1S/C19H28N4O3/c1-14-18(15(2)21-20-14)5-6-19(25)23-9-8-22(16(12-23)7-10-24)13-17-4-3-11-26-17/h3-4,11,16,24H,5-10,12-13H2,1-2H3,(H,20,21)/t16-/m1/s1. The minimum atomic E-state index is 0.120. The molecule has 2 aromatic rings. The number of carbonyl (C=O) groups excluding carboxylic acids is 1. The van der Waals surface area contributed by atoms with E-state index < -0.39 is 0 Å². The van der Waals surface area contributed by atoms with Gasteiger partial charge in [0.05, 0.1) is 18.5 Å². The van der Waals surface area contributed by atoms with Crippen LogP contribution < -0.4 is 0 Å². The number of carbonyl (C=O) groups is 1. The van der Waals surface area contributed by atoms with Gasteiger partial charge in [-0.15, -0.1) is 0 Å². The topological polar surface area (TPSA) is 85.6 Å². The Labute approximate surface area is 154 Å². The molecule has 1 fully saturated rings. The van der Waals surface area contributed by atoms with Crippen LogP contribution in [0.2, 0.25) is 0 Å². The number of aromatic nitrogens is 2. The van der Waals surface area contributed by atoms with E-state index in [1.54, 1.807) is 6.26 Å². The van der Waals surface area contributed by atoms with E-state index in [0.29, 0.717) is 38.9 Å². The van der Waals surface area contributed by atoms with Gasteiger partial charge in [0.15, 0.2) is 0 Å². The van der Waals surface area contributed by atoms with E-state index in [-0.39, 0.29) is 18.6 Å². The number of aliphatic hydroxyl groups is 1. The zero-order chi connectivity index (χ0) is 18.5. The van der Waals surface area contributed by atoms with Gasteiger partial charge >= 0.3 is 0 Å². The molecule has 0 aliphatic carbocycles. The summed E-state index contributed by atoms with van der Waals surface area (Å²) in [5, 5.41) is 16.6. The maximum Gasteiger partial charge on any atom is 0.223 e. The van der Waals surface area contributed by atoms with Crippen molar-refractivity contribution < 1.29 is 14.3 Å². The molecule has 7 heteroatoms. The first kappa shape index (κ1) is 18.7. The van der Waals surface area contributed by atoms with Gasteiger partial charge < -0.3 is 14.4 Å². The number of aromatic amines is 1. The third-order valence-corrected chi connectivity index (χ3v) is 5.23. The molecule has 1 aliphatic rings. The van der Waals surface area contributed by atoms with Crippen molar-refractivity contribution in [1.29, 1.82) is 0 Å². The van der Waals surface area contributed by atoms with Crippen molar-refractivity contribution in [3.05, 3.63) is 41.1 Å². The summed E-state index contributed by atoms with van der Waals surface area (Å²) < 4.78 is 5.45. The number of hydrogen-bond acceptors (Lipinski definition) is 5. The average molecular weight is 360 g/mol. The lowest BCUT2D eigenvalue weighted by atomic mass is 10.1. The molecule has 0 radical (unpaired) electrons. The molecule has 2 aromatic heterocycles. The number of H-pyrrole nitrogens is 1. The monoisotopic (exact) mass is 360 g/mol. The van der Waals surface area contributed by atoms with Crippen LogP contribution in [-0.2, 0) is 17.8 Å². The Kier molecular flexibility index (Phi) is 6.11. The van der Waals surface area contributed by atoms with Crippen LogP contribution in [0.1, 0.15) is 35.6 Å². The number of aliphatic hydroxyl groups excluding tert-OH is 1. The zero-order valence-corrected chi connectivity index (χ0v) is 15.6. The minimum absolute atomic E-state index is 0.120. The molecule has 142 valence electrons. The summed E-state index contributed by atoms with van der Waals surface area (Å²) >= 11 is 0. The first-order chi connectivity index (χ1) is 12.6. The summed E-state index contributed by atoms with van der Waals surface area (Å²) in [5.41, 5.74) is 3.15. The molecule has 1 amide bonds. The van der Waals surface area contributed by atoms with E-state index >= 15 is 0 Å². The van der Waals surface area contributed by atoms with E-state index in [0.717, 1.165) is 29.3 Å². The summed E-state index contributed by atoms with van der Waals surface area (Å²) in [4.78, 5) is 16.9.